The van der Waals surface area contributed by atoms with Gasteiger partial charge >= 0.3 is 12.4 Å². The number of aliphatic carboxylic acids is 2. The Balaban J connectivity index is 0.000000309. The lowest BCUT2D eigenvalue weighted by Crippen LogP contribution is -2.49. The third kappa shape index (κ3) is 13.4. The number of allylic oxidation sites excluding steroid dienone is 10. The Morgan fingerprint density at radius 3 is 1.24 bits per heavy atom. The number of para-hydroxylation sites is 2. The Kier molecular flexibility index (Phi) is 19.9. The van der Waals surface area contributed by atoms with Crippen LogP contribution in [0.2, 0.25) is 26.2 Å². The molecule has 0 saturated carbocycles. The second kappa shape index (κ2) is 24.0. The van der Waals surface area contributed by atoms with Crippen molar-refractivity contribution in [3.63, 3.8) is 0 Å². The summed E-state index contributed by atoms with van der Waals surface area (Å²) >= 11 is 0. The lowest BCUT2D eigenvalue weighted by Gasteiger charge is -2.38. The molecule has 2 aliphatic heterocycles. The van der Waals surface area contributed by atoms with Crippen molar-refractivity contribution in [2.75, 3.05) is 73.3 Å². The van der Waals surface area contributed by atoms with E-state index in [0.29, 0.717) is 5.75 Å². The van der Waals surface area contributed by atoms with Crippen molar-refractivity contribution in [1.82, 2.24) is 0 Å². The number of nitrogens with zero attached hydrogens (tertiary/aromatic N) is 4. The summed E-state index contributed by atoms with van der Waals surface area (Å²) in [5.41, 5.74) is 14.6. The summed E-state index contributed by atoms with van der Waals surface area (Å²) in [4.78, 5) is 21.9. The van der Waals surface area contributed by atoms with E-state index in [1.165, 1.54) is 71.4 Å². The second-order valence-electron chi connectivity index (χ2n) is 19.3. The van der Waals surface area contributed by atoms with Gasteiger partial charge in [0.1, 0.15) is 67.8 Å². The number of hydrogen-bond acceptors (Lipinski definition) is 8. The van der Waals surface area contributed by atoms with Crippen molar-refractivity contribution in [3.05, 3.63) is 165 Å². The molecule has 8 rings (SSSR count). The molecular formula is C57H68F6N4O6Si2. The van der Waals surface area contributed by atoms with Gasteiger partial charge in [0.2, 0.25) is 0 Å². The maximum Gasteiger partial charge on any atom is 0.430 e. The minimum atomic E-state index is -5.19. The van der Waals surface area contributed by atoms with Gasteiger partial charge in [0.25, 0.3) is 0 Å². The molecule has 2 aliphatic carbocycles. The number of aromatic hydroxyl groups is 1. The maximum atomic E-state index is 10.7. The number of benzene rings is 4. The number of carboxylic acids is 2. The number of alkyl halides is 6. The van der Waals surface area contributed by atoms with Gasteiger partial charge < -0.3 is 39.4 Å². The van der Waals surface area contributed by atoms with E-state index in [4.69, 9.17) is 24.5 Å². The number of methoxy groups -OCH3 is 1. The molecular weight excluding hydrogens is 1010 g/mol. The quantitative estimate of drug-likeness (QED) is 0.121. The number of phenols is 1. The van der Waals surface area contributed by atoms with Crippen molar-refractivity contribution < 1.29 is 65.1 Å². The van der Waals surface area contributed by atoms with Gasteiger partial charge in [0.05, 0.1) is 7.11 Å². The molecule has 2 heterocycles. The van der Waals surface area contributed by atoms with E-state index < -0.39 is 40.4 Å². The monoisotopic (exact) mass is 1070 g/mol. The Labute approximate surface area is 439 Å². The Morgan fingerprint density at radius 2 is 0.907 bits per heavy atom. The Bertz CT molecular complexity index is 3070. The van der Waals surface area contributed by atoms with E-state index in [9.17, 15) is 31.4 Å². The van der Waals surface area contributed by atoms with Crippen LogP contribution >= 0.6 is 0 Å². The molecule has 0 radical (unpaired) electrons. The van der Waals surface area contributed by atoms with Crippen LogP contribution in [0.5, 0.6) is 11.5 Å². The molecule has 18 heteroatoms. The van der Waals surface area contributed by atoms with Gasteiger partial charge in [-0.3, -0.25) is 0 Å². The number of hydrogen-bond donors (Lipinski definition) is 1. The average molecular weight is 1080 g/mol. The van der Waals surface area contributed by atoms with Gasteiger partial charge in [-0.15, -0.1) is 0 Å². The minimum Gasteiger partial charge on any atom is -0.542 e. The first-order valence-electron chi connectivity index (χ1n) is 22.9. The fraction of sp³-hybridized carbons (Fsp3) is 0.298. The molecule has 0 aromatic heterocycles. The lowest BCUT2D eigenvalue weighted by atomic mass is 9.89. The number of carbonyl (C=O) groups is 2. The first kappa shape index (κ1) is 62.1. The Morgan fingerprint density at radius 1 is 0.560 bits per heavy atom. The summed E-state index contributed by atoms with van der Waals surface area (Å²) in [5, 5.41) is 34.1. The van der Waals surface area contributed by atoms with E-state index >= 15 is 0 Å². The van der Waals surface area contributed by atoms with Crippen LogP contribution in [0.1, 0.15) is 37.1 Å². The molecule has 0 saturated heterocycles. The molecule has 0 atom stereocenters. The number of ether oxygens (including phenoxy) is 1. The van der Waals surface area contributed by atoms with E-state index in [1.54, 1.807) is 13.2 Å². The zero-order chi connectivity index (χ0) is 54.7. The molecule has 0 spiro atoms. The SMILES string of the molecule is C.C.CN(C)c1ccc2c(c1)[Si](C)(C)C1=CC(=[N+](C)C)C=CC1=C2c1ccccc1O.COc1ccccc1C1=C2C=CC(=[N+](C)C)C=C2[Si](C)(C)c2cc(N(C)C)ccc21.O=C([O-])C(F)(F)F.O=C([O-])C(F)(F)F. The van der Waals surface area contributed by atoms with Crippen LogP contribution in [-0.4, -0.2) is 130 Å². The average Bonchev–Trinajstić information content (AvgIpc) is 3.32. The van der Waals surface area contributed by atoms with Crippen LogP contribution in [0.15, 0.2) is 143 Å². The van der Waals surface area contributed by atoms with E-state index in [1.807, 2.05) is 24.3 Å². The molecule has 0 fully saturated rings. The molecule has 4 aliphatic rings. The molecule has 0 bridgehead atoms. The zero-order valence-corrected chi connectivity index (χ0v) is 45.1. The van der Waals surface area contributed by atoms with E-state index in [-0.39, 0.29) is 14.9 Å². The topological polar surface area (TPSA) is 122 Å². The van der Waals surface area contributed by atoms with Gasteiger partial charge in [0.15, 0.2) is 11.4 Å². The summed E-state index contributed by atoms with van der Waals surface area (Å²) in [6, 6.07) is 29.8. The van der Waals surface area contributed by atoms with Crippen LogP contribution in [0.25, 0.3) is 11.1 Å². The van der Waals surface area contributed by atoms with Crippen LogP contribution in [0, 0.1) is 0 Å². The van der Waals surface area contributed by atoms with E-state index in [2.05, 4.69) is 193 Å². The highest BCUT2D eigenvalue weighted by Crippen LogP contribution is 2.45. The van der Waals surface area contributed by atoms with Gasteiger partial charge in [-0.05, 0) is 103 Å². The molecule has 1 N–H and O–H groups in total. The van der Waals surface area contributed by atoms with Gasteiger partial charge in [-0.25, -0.2) is 9.15 Å². The number of carboxylic acid groups (broad SMARTS) is 2. The largest absolute Gasteiger partial charge is 0.542 e. The van der Waals surface area contributed by atoms with Crippen LogP contribution in [0.4, 0.5) is 37.7 Å². The number of fused-ring (bicyclic) bond motifs is 4. The van der Waals surface area contributed by atoms with Crippen molar-refractivity contribution >= 4 is 72.4 Å². The highest BCUT2D eigenvalue weighted by Gasteiger charge is 2.42. The van der Waals surface area contributed by atoms with Crippen LogP contribution in [0.3, 0.4) is 0 Å². The molecule has 402 valence electrons. The molecule has 75 heavy (non-hydrogen) atoms. The predicted octanol–water partition coefficient (Wildman–Crippen LogP) is 8.05. The molecule has 4 aromatic carbocycles. The molecule has 0 unspecified atom stereocenters. The third-order valence-electron chi connectivity index (χ3n) is 12.9. The highest BCUT2D eigenvalue weighted by atomic mass is 28.3. The smallest absolute Gasteiger partial charge is 0.430 e. The van der Waals surface area contributed by atoms with Gasteiger partial charge in [0, 0.05) is 75.0 Å². The standard InChI is InChI=1S/C26H31N2OSi.C25H28N2OSi.2C2HF3O2.2CH4/c1-27(2)18-12-14-21-24(16-18)30(6,7)25-17-19(28(3)4)13-15-22(25)26(21)20-10-8-9-11-23(20)29-5;1-26(2)17-11-13-20-23(15-17)29(5,6)24-16-18(27(3)4)12-14-21(24)25(20)19-9-7-8-10-22(19)28;2*3-2(4,5)1(6)7;;/h8-17H,1-7H3;7-16H,1-6H3;2*(H,6,7);2*1H4/q+1;;;;;/p-1. The van der Waals surface area contributed by atoms with Crippen LogP contribution in [-0.2, 0) is 9.59 Å². The summed E-state index contributed by atoms with van der Waals surface area (Å²) < 4.78 is 73.2. The number of phenolic OH excluding ortho intramolecular Hbond substituents is 1. The summed E-state index contributed by atoms with van der Waals surface area (Å²) in [7, 11) is 14.7. The van der Waals surface area contributed by atoms with Gasteiger partial charge in [-0.2, -0.15) is 26.3 Å². The molecule has 10 nitrogen and oxygen atoms in total. The minimum absolute atomic E-state index is 0. The van der Waals surface area contributed by atoms with Crippen molar-refractivity contribution in [1.29, 1.82) is 0 Å². The maximum absolute atomic E-state index is 10.7. The number of rotatable bonds is 5. The first-order valence-corrected chi connectivity index (χ1v) is 28.9. The number of carbonyl (C=O) groups excluding carboxylic acids is 2. The second-order valence-corrected chi connectivity index (χ2v) is 27.9. The zero-order valence-electron chi connectivity index (χ0n) is 43.1. The number of anilines is 2. The molecule has 0 amide bonds. The van der Waals surface area contributed by atoms with Crippen molar-refractivity contribution in [2.45, 2.75) is 53.4 Å². The summed E-state index contributed by atoms with van der Waals surface area (Å²) in [5.74, 6) is -4.77. The summed E-state index contributed by atoms with van der Waals surface area (Å²) in [6.45, 7) is 9.82. The van der Waals surface area contributed by atoms with Crippen LogP contribution < -0.4 is 35.1 Å². The predicted molar refractivity (Wildman–Crippen MR) is 293 cm³/mol. The third-order valence-corrected chi connectivity index (χ3v) is 19.9. The van der Waals surface area contributed by atoms with Crippen molar-refractivity contribution in [3.8, 4) is 11.5 Å². The van der Waals surface area contributed by atoms with Crippen molar-refractivity contribution in [2.24, 2.45) is 0 Å². The fourth-order valence-electron chi connectivity index (χ4n) is 8.88. The van der Waals surface area contributed by atoms with E-state index in [0.717, 1.165) is 22.4 Å². The highest BCUT2D eigenvalue weighted by molar-refractivity contribution is 6.98. The fourth-order valence-corrected chi connectivity index (χ4v) is 15.0. The normalized spacial score (nSPS) is 15.3. The lowest BCUT2D eigenvalue weighted by molar-refractivity contribution is -0.462. The Hall–Kier alpha value is -7.19. The molecule has 4 aromatic rings. The summed E-state index contributed by atoms with van der Waals surface area (Å²) in [6.07, 6.45) is 3.34. The first-order chi connectivity index (χ1) is 33.9. The number of halogens is 6. The van der Waals surface area contributed by atoms with Gasteiger partial charge in [-0.1, -0.05) is 89.6 Å².